The summed E-state index contributed by atoms with van der Waals surface area (Å²) >= 11 is 4.89. The first-order chi connectivity index (χ1) is 8.14. The van der Waals surface area contributed by atoms with E-state index < -0.39 is 18.3 Å². The monoisotopic (exact) mass is 271 g/mol. The van der Waals surface area contributed by atoms with Crippen molar-refractivity contribution in [3.05, 3.63) is 11.3 Å². The number of nitrogens with two attached hydrogens (primary N) is 1. The molecular formula is C12H19BFNO2S. The maximum Gasteiger partial charge on any atom is 0.525 e. The van der Waals surface area contributed by atoms with Gasteiger partial charge in [0.05, 0.1) is 16.2 Å². The molecule has 1 saturated carbocycles. The molecule has 6 heteroatoms. The first-order valence-corrected chi connectivity index (χ1v) is 6.57. The van der Waals surface area contributed by atoms with Crippen molar-refractivity contribution in [1.82, 2.24) is 0 Å². The van der Waals surface area contributed by atoms with Gasteiger partial charge in [0, 0.05) is 5.92 Å². The Bertz CT molecular complexity index is 398. The fourth-order valence-electron chi connectivity index (χ4n) is 2.04. The number of rotatable bonds is 2. The minimum Gasteiger partial charge on any atom is -0.398 e. The van der Waals surface area contributed by atoms with Crippen LogP contribution < -0.4 is 5.73 Å². The summed E-state index contributed by atoms with van der Waals surface area (Å²) in [6, 6.07) is 0. The van der Waals surface area contributed by atoms with Crippen LogP contribution in [0.15, 0.2) is 11.3 Å². The summed E-state index contributed by atoms with van der Waals surface area (Å²) < 4.78 is 25.5. The Kier molecular flexibility index (Phi) is 3.32. The zero-order chi connectivity index (χ0) is 13.7. The van der Waals surface area contributed by atoms with Crippen molar-refractivity contribution in [2.75, 3.05) is 0 Å². The quantitative estimate of drug-likeness (QED) is 0.619. The van der Waals surface area contributed by atoms with Gasteiger partial charge in [0.15, 0.2) is 0 Å². The second kappa shape index (κ2) is 4.29. The summed E-state index contributed by atoms with van der Waals surface area (Å²) in [5.41, 5.74) is 4.91. The van der Waals surface area contributed by atoms with Crippen molar-refractivity contribution in [3.63, 3.8) is 0 Å². The molecule has 100 valence electrons. The van der Waals surface area contributed by atoms with E-state index in [1.807, 2.05) is 27.7 Å². The van der Waals surface area contributed by atoms with Gasteiger partial charge in [-0.3, -0.25) is 0 Å². The molecule has 1 saturated heterocycles. The van der Waals surface area contributed by atoms with Crippen LogP contribution in [0, 0.1) is 5.92 Å². The van der Waals surface area contributed by atoms with Crippen LogP contribution >= 0.6 is 12.2 Å². The number of allylic oxidation sites excluding steroid dienone is 1. The van der Waals surface area contributed by atoms with Crippen LogP contribution in [-0.4, -0.2) is 23.3 Å². The Hall–Kier alpha value is -0.455. The minimum atomic E-state index is -0.891. The number of thiocarbonyl (C=S) groups is 1. The summed E-state index contributed by atoms with van der Waals surface area (Å²) in [4.78, 5) is 0.459. The van der Waals surface area contributed by atoms with E-state index >= 15 is 0 Å². The predicted octanol–water partition coefficient (Wildman–Crippen LogP) is 2.54. The highest BCUT2D eigenvalue weighted by Crippen LogP contribution is 2.43. The molecule has 0 spiro atoms. The molecule has 0 unspecified atom stereocenters. The third kappa shape index (κ3) is 2.21. The number of hydrogen-bond donors (Lipinski definition) is 1. The van der Waals surface area contributed by atoms with Gasteiger partial charge in [-0.05, 0) is 46.1 Å². The number of hydrogen-bond acceptors (Lipinski definition) is 3. The molecule has 0 bridgehead atoms. The van der Waals surface area contributed by atoms with Gasteiger partial charge in [-0.1, -0.05) is 12.2 Å². The van der Waals surface area contributed by atoms with Crippen molar-refractivity contribution in [1.29, 1.82) is 0 Å². The first-order valence-electron chi connectivity index (χ1n) is 6.16. The zero-order valence-corrected chi connectivity index (χ0v) is 12.1. The van der Waals surface area contributed by atoms with Gasteiger partial charge in [-0.25, -0.2) is 4.39 Å². The SMILES string of the molecule is CC1(C)OB(C(F)=C2CC(C(N)=S)C2)OC1(C)C. The van der Waals surface area contributed by atoms with Gasteiger partial charge in [-0.2, -0.15) is 0 Å². The molecule has 1 aliphatic heterocycles. The van der Waals surface area contributed by atoms with Gasteiger partial charge >= 0.3 is 7.12 Å². The highest BCUT2D eigenvalue weighted by Gasteiger charge is 2.54. The second-order valence-corrected chi connectivity index (χ2v) is 6.52. The maximum atomic E-state index is 14.2. The van der Waals surface area contributed by atoms with Crippen molar-refractivity contribution >= 4 is 24.3 Å². The Labute approximate surface area is 113 Å². The molecule has 2 aliphatic rings. The molecule has 0 aromatic carbocycles. The van der Waals surface area contributed by atoms with E-state index in [2.05, 4.69) is 0 Å². The first kappa shape index (κ1) is 14.0. The third-order valence-electron chi connectivity index (χ3n) is 4.19. The van der Waals surface area contributed by atoms with E-state index in [1.165, 1.54) is 0 Å². The summed E-state index contributed by atoms with van der Waals surface area (Å²) in [6.07, 6.45) is 1.18. The summed E-state index contributed by atoms with van der Waals surface area (Å²) in [5, 5.41) is 0. The Morgan fingerprint density at radius 1 is 1.28 bits per heavy atom. The van der Waals surface area contributed by atoms with E-state index in [0.29, 0.717) is 23.4 Å². The van der Waals surface area contributed by atoms with Gasteiger partial charge < -0.3 is 15.0 Å². The van der Waals surface area contributed by atoms with Crippen LogP contribution in [0.1, 0.15) is 40.5 Å². The van der Waals surface area contributed by atoms with Crippen molar-refractivity contribution in [2.45, 2.75) is 51.7 Å². The van der Waals surface area contributed by atoms with Crippen molar-refractivity contribution in [2.24, 2.45) is 11.7 Å². The molecule has 0 aromatic heterocycles. The number of halogens is 1. The molecule has 2 fully saturated rings. The largest absolute Gasteiger partial charge is 0.525 e. The second-order valence-electron chi connectivity index (χ2n) is 6.05. The normalized spacial score (nSPS) is 29.1. The minimum absolute atomic E-state index is 0.128. The molecule has 3 nitrogen and oxygen atoms in total. The standard InChI is InChI=1S/C12H19BFNO2S/c1-11(2)12(3,4)17-13(16-11)9(14)7-5-8(6-7)10(15)18/h8H,5-6H2,1-4H3,(H2,15,18). The lowest BCUT2D eigenvalue weighted by atomic mass is 9.72. The van der Waals surface area contributed by atoms with Crippen molar-refractivity contribution in [3.8, 4) is 0 Å². The Balaban J connectivity index is 2.07. The van der Waals surface area contributed by atoms with Crippen LogP contribution in [-0.2, 0) is 9.31 Å². The maximum absolute atomic E-state index is 14.2. The Morgan fingerprint density at radius 2 is 1.72 bits per heavy atom. The molecular weight excluding hydrogens is 252 g/mol. The average molecular weight is 271 g/mol. The van der Waals surface area contributed by atoms with Gasteiger partial charge in [0.25, 0.3) is 0 Å². The predicted molar refractivity (Wildman–Crippen MR) is 73.7 cm³/mol. The van der Waals surface area contributed by atoms with E-state index in [1.54, 1.807) is 0 Å². The average Bonchev–Trinajstić information content (AvgIpc) is 2.32. The van der Waals surface area contributed by atoms with Gasteiger partial charge in [-0.15, -0.1) is 0 Å². The summed E-state index contributed by atoms with van der Waals surface area (Å²) in [5.74, 6) is 0.128. The zero-order valence-electron chi connectivity index (χ0n) is 11.2. The van der Waals surface area contributed by atoms with E-state index in [-0.39, 0.29) is 11.6 Å². The van der Waals surface area contributed by atoms with E-state index in [4.69, 9.17) is 27.3 Å². The molecule has 18 heavy (non-hydrogen) atoms. The molecule has 2 N–H and O–H groups in total. The van der Waals surface area contributed by atoms with Crippen molar-refractivity contribution < 1.29 is 13.7 Å². The molecule has 0 aromatic rings. The summed E-state index contributed by atoms with van der Waals surface area (Å²) in [6.45, 7) is 7.63. The lowest BCUT2D eigenvalue weighted by Crippen LogP contribution is -2.41. The van der Waals surface area contributed by atoms with Gasteiger partial charge in [0.1, 0.15) is 5.73 Å². The van der Waals surface area contributed by atoms with E-state index in [9.17, 15) is 4.39 Å². The lowest BCUT2D eigenvalue weighted by Gasteiger charge is -2.32. The Morgan fingerprint density at radius 3 is 2.11 bits per heavy atom. The van der Waals surface area contributed by atoms with Crippen LogP contribution in [0.3, 0.4) is 0 Å². The van der Waals surface area contributed by atoms with Crippen LogP contribution in [0.2, 0.25) is 0 Å². The highest BCUT2D eigenvalue weighted by molar-refractivity contribution is 7.80. The van der Waals surface area contributed by atoms with Crippen LogP contribution in [0.5, 0.6) is 0 Å². The highest BCUT2D eigenvalue weighted by atomic mass is 32.1. The molecule has 0 amide bonds. The molecule has 2 rings (SSSR count). The molecule has 0 radical (unpaired) electrons. The summed E-state index contributed by atoms with van der Waals surface area (Å²) in [7, 11) is -0.891. The topological polar surface area (TPSA) is 44.5 Å². The van der Waals surface area contributed by atoms with Crippen LogP contribution in [0.25, 0.3) is 0 Å². The fraction of sp³-hybridized carbons (Fsp3) is 0.750. The lowest BCUT2D eigenvalue weighted by molar-refractivity contribution is 0.00578. The molecule has 1 aliphatic carbocycles. The molecule has 1 heterocycles. The van der Waals surface area contributed by atoms with Crippen LogP contribution in [0.4, 0.5) is 4.39 Å². The van der Waals surface area contributed by atoms with Gasteiger partial charge in [0.2, 0.25) is 0 Å². The van der Waals surface area contributed by atoms with E-state index in [0.717, 1.165) is 0 Å². The fourth-order valence-corrected chi connectivity index (χ4v) is 2.21. The molecule has 0 atom stereocenters. The third-order valence-corrected chi connectivity index (χ3v) is 4.52. The smallest absolute Gasteiger partial charge is 0.398 e.